The van der Waals surface area contributed by atoms with Crippen molar-refractivity contribution < 1.29 is 28.1 Å². The molecule has 3 aliphatic rings. The largest absolute Gasteiger partial charge is 0.487 e. The number of amides is 3. The monoisotopic (exact) mass is 567 g/mol. The van der Waals surface area contributed by atoms with E-state index in [-0.39, 0.29) is 42.0 Å². The molecule has 0 aliphatic carbocycles. The Labute approximate surface area is 235 Å². The minimum absolute atomic E-state index is 0.0559. The average Bonchev–Trinajstić information content (AvgIpc) is 2.94. The van der Waals surface area contributed by atoms with E-state index >= 15 is 0 Å². The molecule has 212 valence electrons. The number of anilines is 1. The Bertz CT molecular complexity index is 1320. The molecule has 11 nitrogen and oxygen atoms in total. The van der Waals surface area contributed by atoms with Crippen LogP contribution in [-0.2, 0) is 20.6 Å². The predicted molar refractivity (Wildman–Crippen MR) is 148 cm³/mol. The maximum atomic E-state index is 13.1. The highest BCUT2D eigenvalue weighted by atomic mass is 32.2. The summed E-state index contributed by atoms with van der Waals surface area (Å²) in [5.41, 5.74) is 7.16. The van der Waals surface area contributed by atoms with Crippen LogP contribution in [0, 0.1) is 0 Å². The number of hydrogen-bond acceptors (Lipinski definition) is 8. The Morgan fingerprint density at radius 1 is 1.10 bits per heavy atom. The maximum Gasteiger partial charge on any atom is 0.255 e. The first kappa shape index (κ1) is 27.9. The highest BCUT2D eigenvalue weighted by molar-refractivity contribution is 7.82. The minimum Gasteiger partial charge on any atom is -0.487 e. The number of likely N-dealkylation sites (N-methyl/N-ethyl adjacent to an activating group) is 1. The summed E-state index contributed by atoms with van der Waals surface area (Å²) < 4.78 is 20.9. The van der Waals surface area contributed by atoms with Gasteiger partial charge in [0.15, 0.2) is 6.29 Å². The number of nitrogens with zero attached hydrogens (tertiary/aromatic N) is 3. The van der Waals surface area contributed by atoms with Crippen molar-refractivity contribution in [1.29, 1.82) is 0 Å². The second kappa shape index (κ2) is 11.9. The zero-order chi connectivity index (χ0) is 28.4. The van der Waals surface area contributed by atoms with E-state index in [0.29, 0.717) is 25.1 Å². The third kappa shape index (κ3) is 5.93. The first-order valence-corrected chi connectivity index (χ1v) is 14.5. The van der Waals surface area contributed by atoms with E-state index in [1.807, 2.05) is 33.5 Å². The van der Waals surface area contributed by atoms with Gasteiger partial charge in [-0.25, -0.2) is 8.51 Å². The van der Waals surface area contributed by atoms with Gasteiger partial charge in [-0.1, -0.05) is 0 Å². The quantitative estimate of drug-likeness (QED) is 0.357. The summed E-state index contributed by atoms with van der Waals surface area (Å²) in [7, 11) is 0.280. The molecule has 0 bridgehead atoms. The predicted octanol–water partition coefficient (Wildman–Crippen LogP) is 1.09. The molecule has 3 aliphatic heterocycles. The zero-order valence-corrected chi connectivity index (χ0v) is 23.1. The van der Waals surface area contributed by atoms with Crippen molar-refractivity contribution in [3.63, 3.8) is 0 Å². The number of hydrogen-bond donors (Lipinski definition) is 2. The molecule has 2 unspecified atom stereocenters. The van der Waals surface area contributed by atoms with Gasteiger partial charge in [-0.15, -0.1) is 0 Å². The van der Waals surface area contributed by atoms with Gasteiger partial charge >= 0.3 is 0 Å². The van der Waals surface area contributed by atoms with Crippen LogP contribution in [0.15, 0.2) is 47.4 Å². The Morgan fingerprint density at radius 2 is 1.80 bits per heavy atom. The molecular formula is C28H33N5O6S. The lowest BCUT2D eigenvalue weighted by molar-refractivity contribution is -0.136. The topological polar surface area (TPSA) is 142 Å². The van der Waals surface area contributed by atoms with Crippen LogP contribution in [-0.4, -0.2) is 88.8 Å². The van der Waals surface area contributed by atoms with E-state index in [4.69, 9.17) is 10.5 Å². The molecule has 0 spiro atoms. The van der Waals surface area contributed by atoms with Crippen molar-refractivity contribution >= 4 is 40.7 Å². The Balaban J connectivity index is 1.16. The molecule has 2 aromatic rings. The van der Waals surface area contributed by atoms with Gasteiger partial charge in [0.2, 0.25) is 11.8 Å². The molecule has 3 heterocycles. The highest BCUT2D eigenvalue weighted by Gasteiger charge is 2.34. The Morgan fingerprint density at radius 3 is 2.45 bits per heavy atom. The second-order valence-electron chi connectivity index (χ2n) is 10.4. The van der Waals surface area contributed by atoms with Crippen LogP contribution in [0.5, 0.6) is 5.75 Å². The maximum absolute atomic E-state index is 13.1. The molecule has 3 fully saturated rings. The lowest BCUT2D eigenvalue weighted by Gasteiger charge is -2.41. The normalized spacial score (nSPS) is 21.4. The van der Waals surface area contributed by atoms with Gasteiger partial charge < -0.3 is 20.3 Å². The minimum atomic E-state index is -1.22. The van der Waals surface area contributed by atoms with E-state index < -0.39 is 28.8 Å². The van der Waals surface area contributed by atoms with E-state index in [1.165, 1.54) is 11.9 Å². The van der Waals surface area contributed by atoms with Crippen LogP contribution >= 0.6 is 0 Å². The summed E-state index contributed by atoms with van der Waals surface area (Å²) in [6.07, 6.45) is 2.66. The first-order chi connectivity index (χ1) is 19.2. The SMILES string of the molecule is CN(C(=O)c1ccc(N2CC(Oc3ccc(S(=O)N4CCC(N)CC4)cc3)C2)cc1C=O)C1CCC(=O)NC1=O. The Hall–Kier alpha value is -3.61. The van der Waals surface area contributed by atoms with Gasteiger partial charge in [0.1, 0.15) is 28.9 Å². The molecule has 0 aromatic heterocycles. The number of aldehydes is 1. The molecule has 3 N–H and O–H groups in total. The number of imide groups is 1. The second-order valence-corrected chi connectivity index (χ2v) is 11.9. The molecule has 40 heavy (non-hydrogen) atoms. The van der Waals surface area contributed by atoms with Crippen LogP contribution < -0.4 is 20.7 Å². The van der Waals surface area contributed by atoms with Crippen LogP contribution in [0.2, 0.25) is 0 Å². The molecule has 3 saturated heterocycles. The standard InChI is InChI=1S/C28H33N5O6S/c1-31(25-8-9-26(35)30-27(25)36)28(37)24-7-2-20(14-18(24)17-34)32-15-22(16-32)39-21-3-5-23(6-4-21)40(38)33-12-10-19(29)11-13-33/h2-7,14,17,19,22,25H,8-13,15-16,29H2,1H3,(H,30,35,36). The number of benzene rings is 2. The molecular weight excluding hydrogens is 534 g/mol. The molecule has 2 aromatic carbocycles. The summed E-state index contributed by atoms with van der Waals surface area (Å²) in [6.45, 7) is 2.65. The number of carbonyl (C=O) groups excluding carboxylic acids is 4. The van der Waals surface area contributed by atoms with Crippen molar-refractivity contribution in [2.45, 2.75) is 48.8 Å². The van der Waals surface area contributed by atoms with Gasteiger partial charge in [0, 0.05) is 43.9 Å². The summed E-state index contributed by atoms with van der Waals surface area (Å²) in [5, 5.41) is 2.25. The fourth-order valence-corrected chi connectivity index (χ4v) is 6.37. The Kier molecular flexibility index (Phi) is 8.29. The molecule has 3 amide bonds. The lowest BCUT2D eigenvalue weighted by atomic mass is 10.0. The first-order valence-electron chi connectivity index (χ1n) is 13.4. The van der Waals surface area contributed by atoms with Gasteiger partial charge in [0.25, 0.3) is 5.91 Å². The van der Waals surface area contributed by atoms with Crippen molar-refractivity contribution in [2.75, 3.05) is 38.1 Å². The van der Waals surface area contributed by atoms with Crippen molar-refractivity contribution in [3.05, 3.63) is 53.6 Å². The van der Waals surface area contributed by atoms with E-state index in [9.17, 15) is 23.4 Å². The van der Waals surface area contributed by atoms with Gasteiger partial charge in [0.05, 0.1) is 23.5 Å². The van der Waals surface area contributed by atoms with Crippen molar-refractivity contribution in [2.24, 2.45) is 5.73 Å². The number of piperidine rings is 2. The number of carbonyl (C=O) groups is 4. The lowest BCUT2D eigenvalue weighted by Crippen LogP contribution is -2.54. The van der Waals surface area contributed by atoms with Crippen LogP contribution in [0.25, 0.3) is 0 Å². The van der Waals surface area contributed by atoms with Crippen molar-refractivity contribution in [1.82, 2.24) is 14.5 Å². The summed E-state index contributed by atoms with van der Waals surface area (Å²) in [5.74, 6) is -0.638. The van der Waals surface area contributed by atoms with Crippen LogP contribution in [0.1, 0.15) is 46.4 Å². The third-order valence-corrected chi connectivity index (χ3v) is 9.17. The molecule has 0 saturated carbocycles. The van der Waals surface area contributed by atoms with Crippen LogP contribution in [0.4, 0.5) is 5.69 Å². The molecule has 12 heteroatoms. The van der Waals surface area contributed by atoms with E-state index in [2.05, 4.69) is 5.32 Å². The van der Waals surface area contributed by atoms with E-state index in [0.717, 1.165) is 36.5 Å². The number of nitrogens with two attached hydrogens (primary N) is 1. The molecule has 0 radical (unpaired) electrons. The van der Waals surface area contributed by atoms with Gasteiger partial charge in [-0.2, -0.15) is 0 Å². The fraction of sp³-hybridized carbons (Fsp3) is 0.429. The third-order valence-electron chi connectivity index (χ3n) is 7.66. The summed E-state index contributed by atoms with van der Waals surface area (Å²) >= 11 is 0. The smallest absolute Gasteiger partial charge is 0.255 e. The number of nitrogens with one attached hydrogen (secondary N) is 1. The number of rotatable bonds is 8. The number of ether oxygens (including phenoxy) is 1. The van der Waals surface area contributed by atoms with Crippen LogP contribution in [0.3, 0.4) is 0 Å². The fourth-order valence-electron chi connectivity index (χ4n) is 5.16. The molecule has 5 rings (SSSR count). The molecule has 2 atom stereocenters. The summed E-state index contributed by atoms with van der Waals surface area (Å²) in [6, 6.07) is 11.7. The highest BCUT2D eigenvalue weighted by Crippen LogP contribution is 2.28. The van der Waals surface area contributed by atoms with Gasteiger partial charge in [-0.05, 0) is 61.7 Å². The van der Waals surface area contributed by atoms with Gasteiger partial charge in [-0.3, -0.25) is 24.5 Å². The zero-order valence-electron chi connectivity index (χ0n) is 22.3. The summed E-state index contributed by atoms with van der Waals surface area (Å²) in [4.78, 5) is 52.6. The van der Waals surface area contributed by atoms with Crippen molar-refractivity contribution in [3.8, 4) is 5.75 Å². The average molecular weight is 568 g/mol. The van der Waals surface area contributed by atoms with E-state index in [1.54, 1.807) is 18.2 Å².